The van der Waals surface area contributed by atoms with E-state index in [0.29, 0.717) is 6.54 Å². The molecule has 1 spiro atoms. The molecule has 0 aromatic carbocycles. The number of aromatic nitrogens is 4. The van der Waals surface area contributed by atoms with Crippen molar-refractivity contribution >= 4 is 28.7 Å². The molecule has 0 amide bonds. The fraction of sp³-hybridized carbons (Fsp3) is 0.500. The zero-order valence-corrected chi connectivity index (χ0v) is 21.2. The van der Waals surface area contributed by atoms with Crippen molar-refractivity contribution in [2.75, 3.05) is 36.0 Å². The first-order valence-corrected chi connectivity index (χ1v) is 13.7. The van der Waals surface area contributed by atoms with Crippen LogP contribution in [0.4, 0.5) is 11.5 Å². The van der Waals surface area contributed by atoms with Crippen LogP contribution in [0, 0.1) is 5.41 Å². The van der Waals surface area contributed by atoms with Crippen LogP contribution in [0.5, 0.6) is 0 Å². The van der Waals surface area contributed by atoms with Crippen LogP contribution in [-0.4, -0.2) is 64.2 Å². The second-order valence-electron chi connectivity index (χ2n) is 10.3. The molecule has 7 heterocycles. The van der Waals surface area contributed by atoms with E-state index in [1.54, 1.807) is 11.3 Å². The molecular weight excluding hydrogens is 472 g/mol. The number of hydrogen-bond donors (Lipinski definition) is 1. The van der Waals surface area contributed by atoms with Crippen molar-refractivity contribution in [1.82, 2.24) is 19.9 Å². The second-order valence-corrected chi connectivity index (χ2v) is 11.2. The molecule has 7 rings (SSSR count). The van der Waals surface area contributed by atoms with Gasteiger partial charge in [0.1, 0.15) is 16.5 Å². The molecule has 0 aliphatic carbocycles. The predicted molar refractivity (Wildman–Crippen MR) is 141 cm³/mol. The van der Waals surface area contributed by atoms with E-state index < -0.39 is 0 Å². The van der Waals surface area contributed by atoms with Crippen molar-refractivity contribution in [3.8, 4) is 10.7 Å². The first kappa shape index (κ1) is 22.3. The predicted octanol–water partition coefficient (Wildman–Crippen LogP) is 3.04. The Hall–Kier alpha value is -2.95. The lowest BCUT2D eigenvalue weighted by molar-refractivity contribution is 0.0974. The van der Waals surface area contributed by atoms with Gasteiger partial charge in [-0.15, -0.1) is 11.3 Å². The van der Waals surface area contributed by atoms with Gasteiger partial charge in [0.15, 0.2) is 5.84 Å². The fourth-order valence-corrected chi connectivity index (χ4v) is 6.70. The fourth-order valence-electron chi connectivity index (χ4n) is 6.10. The number of pyridine rings is 1. The normalized spacial score (nSPS) is 24.7. The van der Waals surface area contributed by atoms with E-state index in [-0.39, 0.29) is 17.6 Å². The van der Waals surface area contributed by atoms with E-state index in [1.165, 1.54) is 0 Å². The Morgan fingerprint density at radius 3 is 2.78 bits per heavy atom. The third-order valence-electron chi connectivity index (χ3n) is 8.30. The molecule has 3 aromatic rings. The molecule has 0 saturated carbocycles. The Morgan fingerprint density at radius 2 is 2.00 bits per heavy atom. The van der Waals surface area contributed by atoms with Crippen LogP contribution in [0.3, 0.4) is 0 Å². The minimum Gasteiger partial charge on any atom is -0.376 e. The SMILES string of the molecule is C[C@@H]1OCC2(CCN(c3cnc4c(n3)CN=C4N3CCCc4nc(-c5nccs5)ccc43)CC2)[C@@H]1N. The second kappa shape index (κ2) is 8.57. The minimum absolute atomic E-state index is 0.103. The molecule has 186 valence electrons. The largest absolute Gasteiger partial charge is 0.376 e. The van der Waals surface area contributed by atoms with Gasteiger partial charge in [-0.1, -0.05) is 0 Å². The molecule has 9 nitrogen and oxygen atoms in total. The molecule has 4 aliphatic rings. The van der Waals surface area contributed by atoms with Gasteiger partial charge in [0, 0.05) is 42.7 Å². The smallest absolute Gasteiger partial charge is 0.156 e. The summed E-state index contributed by atoms with van der Waals surface area (Å²) in [6.45, 7) is 6.19. The molecule has 3 aromatic heterocycles. The number of piperidine rings is 1. The Balaban J connectivity index is 1.10. The highest BCUT2D eigenvalue weighted by molar-refractivity contribution is 7.13. The summed E-state index contributed by atoms with van der Waals surface area (Å²) >= 11 is 1.62. The highest BCUT2D eigenvalue weighted by Crippen LogP contribution is 2.42. The molecular formula is C26H30N8OS. The highest BCUT2D eigenvalue weighted by Gasteiger charge is 2.47. The van der Waals surface area contributed by atoms with Gasteiger partial charge in [0.25, 0.3) is 0 Å². The lowest BCUT2D eigenvalue weighted by atomic mass is 9.73. The number of nitrogens with two attached hydrogens (primary N) is 1. The summed E-state index contributed by atoms with van der Waals surface area (Å²) in [6.07, 6.45) is 7.92. The van der Waals surface area contributed by atoms with E-state index in [0.717, 1.165) is 97.0 Å². The Kier molecular flexibility index (Phi) is 5.30. The van der Waals surface area contributed by atoms with Crippen molar-refractivity contribution < 1.29 is 4.74 Å². The molecule has 2 N–H and O–H groups in total. The van der Waals surface area contributed by atoms with E-state index in [1.807, 2.05) is 17.8 Å². The molecule has 2 saturated heterocycles. The van der Waals surface area contributed by atoms with Crippen LogP contribution < -0.4 is 15.5 Å². The van der Waals surface area contributed by atoms with Crippen molar-refractivity contribution in [2.45, 2.75) is 51.3 Å². The van der Waals surface area contributed by atoms with Gasteiger partial charge in [0.2, 0.25) is 0 Å². The quantitative estimate of drug-likeness (QED) is 0.570. The number of fused-ring (bicyclic) bond motifs is 2. The molecule has 0 bridgehead atoms. The first-order valence-electron chi connectivity index (χ1n) is 12.8. The summed E-state index contributed by atoms with van der Waals surface area (Å²) in [7, 11) is 0. The molecule has 4 aliphatic heterocycles. The first-order chi connectivity index (χ1) is 17.6. The van der Waals surface area contributed by atoms with Crippen LogP contribution in [0.2, 0.25) is 0 Å². The van der Waals surface area contributed by atoms with Gasteiger partial charge in [0.05, 0.1) is 48.2 Å². The maximum Gasteiger partial charge on any atom is 0.156 e. The van der Waals surface area contributed by atoms with Gasteiger partial charge in [-0.3, -0.25) is 4.99 Å². The summed E-state index contributed by atoms with van der Waals surface area (Å²) < 4.78 is 5.88. The van der Waals surface area contributed by atoms with E-state index >= 15 is 0 Å². The van der Waals surface area contributed by atoms with E-state index in [2.05, 4.69) is 33.8 Å². The van der Waals surface area contributed by atoms with E-state index in [4.69, 9.17) is 30.4 Å². The van der Waals surface area contributed by atoms with Crippen LogP contribution in [0.15, 0.2) is 34.9 Å². The monoisotopic (exact) mass is 502 g/mol. The van der Waals surface area contributed by atoms with Crippen molar-refractivity contribution in [3.63, 3.8) is 0 Å². The van der Waals surface area contributed by atoms with Crippen LogP contribution >= 0.6 is 11.3 Å². The van der Waals surface area contributed by atoms with Gasteiger partial charge < -0.3 is 20.3 Å². The van der Waals surface area contributed by atoms with Crippen LogP contribution in [-0.2, 0) is 17.7 Å². The number of anilines is 2. The van der Waals surface area contributed by atoms with Gasteiger partial charge >= 0.3 is 0 Å². The van der Waals surface area contributed by atoms with Gasteiger partial charge in [-0.2, -0.15) is 0 Å². The Morgan fingerprint density at radius 1 is 1.11 bits per heavy atom. The lowest BCUT2D eigenvalue weighted by Crippen LogP contribution is -2.50. The summed E-state index contributed by atoms with van der Waals surface area (Å²) in [4.78, 5) is 28.8. The van der Waals surface area contributed by atoms with Crippen LogP contribution in [0.25, 0.3) is 10.7 Å². The summed E-state index contributed by atoms with van der Waals surface area (Å²) in [6, 6.07) is 4.33. The van der Waals surface area contributed by atoms with E-state index in [9.17, 15) is 0 Å². The molecule has 10 heteroatoms. The number of rotatable bonds is 2. The third kappa shape index (κ3) is 3.54. The molecule has 36 heavy (non-hydrogen) atoms. The summed E-state index contributed by atoms with van der Waals surface area (Å²) in [5.74, 6) is 1.85. The van der Waals surface area contributed by atoms with Crippen molar-refractivity contribution in [1.29, 1.82) is 0 Å². The number of amidine groups is 1. The molecule has 2 atom stereocenters. The third-order valence-corrected chi connectivity index (χ3v) is 9.09. The van der Waals surface area contributed by atoms with Crippen molar-refractivity contribution in [3.05, 3.63) is 47.0 Å². The van der Waals surface area contributed by atoms with Crippen LogP contribution in [0.1, 0.15) is 43.3 Å². The molecule has 0 unspecified atom stereocenters. The molecule has 2 fully saturated rings. The number of nitrogens with zero attached hydrogens (tertiary/aromatic N) is 7. The zero-order valence-electron chi connectivity index (χ0n) is 20.4. The maximum absolute atomic E-state index is 6.50. The average molecular weight is 503 g/mol. The minimum atomic E-state index is 0.103. The van der Waals surface area contributed by atoms with Gasteiger partial charge in [-0.05, 0) is 44.7 Å². The average Bonchev–Trinajstić information content (AvgIpc) is 3.66. The number of thiazole rings is 1. The Labute approximate surface area is 214 Å². The van der Waals surface area contributed by atoms with Crippen molar-refractivity contribution in [2.24, 2.45) is 16.1 Å². The number of ether oxygens (including phenoxy) is 1. The number of hydrogen-bond acceptors (Lipinski definition) is 10. The maximum atomic E-state index is 6.50. The number of aryl methyl sites for hydroxylation is 1. The highest BCUT2D eigenvalue weighted by atomic mass is 32.1. The lowest BCUT2D eigenvalue weighted by Gasteiger charge is -2.41. The topological polar surface area (TPSA) is 106 Å². The standard InChI is InChI=1S/C26H30N8OS/c1-16-23(27)26(15-35-16)6-10-33(11-7-26)21-14-29-22-19(32-21)13-30-24(22)34-9-2-3-17-20(34)5-4-18(31-17)25-28-8-12-36-25/h4-5,8,12,14,16,23H,2-3,6-7,9-11,13,15,27H2,1H3/t16-,23+/m0/s1. The zero-order chi connectivity index (χ0) is 24.3. The summed E-state index contributed by atoms with van der Waals surface area (Å²) in [5, 5.41) is 2.94. The van der Waals surface area contributed by atoms with Gasteiger partial charge in [-0.25, -0.2) is 19.9 Å². The Bertz CT molecular complexity index is 1320. The molecule has 0 radical (unpaired) electrons. The summed E-state index contributed by atoms with van der Waals surface area (Å²) in [5.41, 5.74) is 11.6. The number of aliphatic imine (C=N–C) groups is 1.